The Balaban J connectivity index is 1.72. The Bertz CT molecular complexity index is 1340. The summed E-state index contributed by atoms with van der Waals surface area (Å²) < 4.78 is 51.6. The molecule has 1 heterocycles. The van der Waals surface area contributed by atoms with Crippen molar-refractivity contribution >= 4 is 5.97 Å². The van der Waals surface area contributed by atoms with Crippen LogP contribution in [0.15, 0.2) is 59.4 Å². The van der Waals surface area contributed by atoms with Crippen LogP contribution in [0.3, 0.4) is 0 Å². The second-order valence-electron chi connectivity index (χ2n) is 10.7. The Morgan fingerprint density at radius 3 is 2.34 bits per heavy atom. The van der Waals surface area contributed by atoms with Gasteiger partial charge in [0.15, 0.2) is 5.69 Å². The number of nitrogens with zero attached hydrogens (tertiary/aromatic N) is 1. The van der Waals surface area contributed by atoms with Gasteiger partial charge < -0.3 is 14.5 Å². The number of hydrogen-bond acceptors (Lipinski definition) is 5. The standard InChI is InChI=1S/C29H31F3N2O4/c1-27(2,3)38-26(36)23-24(37-18-19-10-5-4-6-11-19)25(35)34-22(33-23)17-28(14-7-8-15-28)20-12-9-13-21(16-20)29(30,31)32/h4-6,9-13,16H,7-8,14-15,17-18H2,1-3H3,(H,33,34,35). The molecule has 9 heteroatoms. The number of rotatable bonds is 7. The summed E-state index contributed by atoms with van der Waals surface area (Å²) in [5.41, 5.74) is -1.80. The predicted molar refractivity (Wildman–Crippen MR) is 136 cm³/mol. The molecule has 2 aromatic carbocycles. The van der Waals surface area contributed by atoms with Crippen molar-refractivity contribution in [2.45, 2.75) is 76.7 Å². The van der Waals surface area contributed by atoms with Crippen molar-refractivity contribution in [3.05, 3.63) is 93.2 Å². The molecule has 1 saturated carbocycles. The quantitative estimate of drug-likeness (QED) is 0.360. The third-order valence-corrected chi connectivity index (χ3v) is 6.61. The molecular weight excluding hydrogens is 497 g/mol. The van der Waals surface area contributed by atoms with Crippen LogP contribution in [-0.4, -0.2) is 21.5 Å². The molecular formula is C29H31F3N2O4. The second kappa shape index (κ2) is 10.6. The van der Waals surface area contributed by atoms with E-state index in [9.17, 15) is 22.8 Å². The summed E-state index contributed by atoms with van der Waals surface area (Å²) in [6.07, 6.45) is -1.38. The number of alkyl halides is 3. The average Bonchev–Trinajstić information content (AvgIpc) is 3.32. The molecule has 0 atom stereocenters. The van der Waals surface area contributed by atoms with Crippen molar-refractivity contribution in [1.29, 1.82) is 0 Å². The average molecular weight is 529 g/mol. The fourth-order valence-corrected chi connectivity index (χ4v) is 4.89. The number of carbonyl (C=O) groups is 1. The smallest absolute Gasteiger partial charge is 0.416 e. The Hall–Kier alpha value is -3.62. The van der Waals surface area contributed by atoms with Crippen LogP contribution in [0.2, 0.25) is 0 Å². The van der Waals surface area contributed by atoms with Crippen LogP contribution in [0.5, 0.6) is 5.75 Å². The summed E-state index contributed by atoms with van der Waals surface area (Å²) in [6.45, 7) is 5.13. The molecule has 1 aliphatic rings. The summed E-state index contributed by atoms with van der Waals surface area (Å²) in [7, 11) is 0. The number of nitrogens with one attached hydrogen (secondary N) is 1. The minimum Gasteiger partial charge on any atom is -0.481 e. The number of carbonyl (C=O) groups excluding carboxylic acids is 1. The molecule has 0 unspecified atom stereocenters. The summed E-state index contributed by atoms with van der Waals surface area (Å²) in [5, 5.41) is 0. The SMILES string of the molecule is CC(C)(C)OC(=O)c1nc(CC2(c3cccc(C(F)(F)F)c3)CCCC2)[nH]c(=O)c1OCc1ccccc1. The normalized spacial score (nSPS) is 15.3. The number of H-pyrrole nitrogens is 1. The molecule has 1 N–H and O–H groups in total. The lowest BCUT2D eigenvalue weighted by Crippen LogP contribution is -2.31. The van der Waals surface area contributed by atoms with E-state index < -0.39 is 34.3 Å². The zero-order valence-corrected chi connectivity index (χ0v) is 21.7. The molecule has 202 valence electrons. The van der Waals surface area contributed by atoms with Gasteiger partial charge in [0.2, 0.25) is 5.75 Å². The maximum absolute atomic E-state index is 13.5. The Kier molecular flexibility index (Phi) is 7.67. The highest BCUT2D eigenvalue weighted by molar-refractivity contribution is 5.90. The van der Waals surface area contributed by atoms with Crippen LogP contribution in [0.1, 0.15) is 79.5 Å². The van der Waals surface area contributed by atoms with Gasteiger partial charge in [-0.25, -0.2) is 9.78 Å². The number of esters is 1. The van der Waals surface area contributed by atoms with Gasteiger partial charge in [0, 0.05) is 11.8 Å². The van der Waals surface area contributed by atoms with E-state index in [4.69, 9.17) is 9.47 Å². The van der Waals surface area contributed by atoms with Crippen molar-refractivity contribution in [3.63, 3.8) is 0 Å². The van der Waals surface area contributed by atoms with Crippen LogP contribution in [-0.2, 0) is 29.4 Å². The Labute approximate surface area is 219 Å². The van der Waals surface area contributed by atoms with E-state index in [-0.39, 0.29) is 30.3 Å². The number of hydrogen-bond donors (Lipinski definition) is 1. The predicted octanol–water partition coefficient (Wildman–Crippen LogP) is 6.38. The summed E-state index contributed by atoms with van der Waals surface area (Å²) in [5.74, 6) is -0.874. The monoisotopic (exact) mass is 528 g/mol. The summed E-state index contributed by atoms with van der Waals surface area (Å²) >= 11 is 0. The van der Waals surface area contributed by atoms with Gasteiger partial charge in [-0.3, -0.25) is 4.79 Å². The molecule has 0 radical (unpaired) electrons. The van der Waals surface area contributed by atoms with E-state index in [0.29, 0.717) is 18.4 Å². The van der Waals surface area contributed by atoms with Crippen molar-refractivity contribution in [2.24, 2.45) is 0 Å². The largest absolute Gasteiger partial charge is 0.481 e. The molecule has 0 bridgehead atoms. The number of halogens is 3. The molecule has 38 heavy (non-hydrogen) atoms. The first kappa shape index (κ1) is 27.4. The van der Waals surface area contributed by atoms with Crippen LogP contribution in [0, 0.1) is 0 Å². The Morgan fingerprint density at radius 2 is 1.71 bits per heavy atom. The van der Waals surface area contributed by atoms with Crippen molar-refractivity contribution in [2.75, 3.05) is 0 Å². The number of ether oxygens (including phenoxy) is 2. The fraction of sp³-hybridized carbons (Fsp3) is 0.414. The topological polar surface area (TPSA) is 81.3 Å². The van der Waals surface area contributed by atoms with Crippen molar-refractivity contribution < 1.29 is 27.4 Å². The van der Waals surface area contributed by atoms with Crippen LogP contribution < -0.4 is 10.3 Å². The zero-order valence-electron chi connectivity index (χ0n) is 21.7. The van der Waals surface area contributed by atoms with Gasteiger partial charge >= 0.3 is 12.1 Å². The molecule has 6 nitrogen and oxygen atoms in total. The Morgan fingerprint density at radius 1 is 1.03 bits per heavy atom. The lowest BCUT2D eigenvalue weighted by atomic mass is 9.75. The maximum atomic E-state index is 13.5. The molecule has 1 aromatic heterocycles. The third-order valence-electron chi connectivity index (χ3n) is 6.61. The van der Waals surface area contributed by atoms with Gasteiger partial charge in [0.1, 0.15) is 18.0 Å². The zero-order chi connectivity index (χ0) is 27.6. The molecule has 0 saturated heterocycles. The van der Waals surface area contributed by atoms with Crippen LogP contribution >= 0.6 is 0 Å². The molecule has 4 rings (SSSR count). The molecule has 1 fully saturated rings. The van der Waals surface area contributed by atoms with Crippen LogP contribution in [0.25, 0.3) is 0 Å². The first-order valence-electron chi connectivity index (χ1n) is 12.6. The highest BCUT2D eigenvalue weighted by Crippen LogP contribution is 2.44. The van der Waals surface area contributed by atoms with Gasteiger partial charge in [0.05, 0.1) is 5.56 Å². The van der Waals surface area contributed by atoms with E-state index in [1.807, 2.05) is 30.3 Å². The lowest BCUT2D eigenvalue weighted by molar-refractivity contribution is -0.137. The summed E-state index contributed by atoms with van der Waals surface area (Å²) in [6, 6.07) is 14.5. The van der Waals surface area contributed by atoms with Gasteiger partial charge in [-0.05, 0) is 50.8 Å². The minimum absolute atomic E-state index is 0.0366. The maximum Gasteiger partial charge on any atom is 0.416 e. The molecule has 1 aliphatic carbocycles. The number of benzene rings is 2. The van der Waals surface area contributed by atoms with E-state index in [1.165, 1.54) is 12.1 Å². The van der Waals surface area contributed by atoms with E-state index in [2.05, 4.69) is 9.97 Å². The van der Waals surface area contributed by atoms with Gasteiger partial charge in [-0.1, -0.05) is 61.4 Å². The first-order valence-corrected chi connectivity index (χ1v) is 12.6. The molecule has 3 aromatic rings. The highest BCUT2D eigenvalue weighted by atomic mass is 19.4. The third kappa shape index (κ3) is 6.44. The van der Waals surface area contributed by atoms with Crippen LogP contribution in [0.4, 0.5) is 13.2 Å². The van der Waals surface area contributed by atoms with Gasteiger partial charge in [-0.15, -0.1) is 0 Å². The highest BCUT2D eigenvalue weighted by Gasteiger charge is 2.39. The van der Waals surface area contributed by atoms with E-state index >= 15 is 0 Å². The lowest BCUT2D eigenvalue weighted by Gasteiger charge is -2.30. The number of aromatic amines is 1. The summed E-state index contributed by atoms with van der Waals surface area (Å²) in [4.78, 5) is 33.4. The van der Waals surface area contributed by atoms with Gasteiger partial charge in [0.25, 0.3) is 5.56 Å². The number of aromatic nitrogens is 2. The molecule has 0 amide bonds. The fourth-order valence-electron chi connectivity index (χ4n) is 4.89. The minimum atomic E-state index is -4.47. The van der Waals surface area contributed by atoms with Crippen molar-refractivity contribution in [1.82, 2.24) is 9.97 Å². The van der Waals surface area contributed by atoms with Crippen molar-refractivity contribution in [3.8, 4) is 5.75 Å². The second-order valence-corrected chi connectivity index (χ2v) is 10.7. The van der Waals surface area contributed by atoms with E-state index in [0.717, 1.165) is 24.5 Å². The van der Waals surface area contributed by atoms with E-state index in [1.54, 1.807) is 26.8 Å². The molecule has 0 spiro atoms. The first-order chi connectivity index (χ1) is 17.9. The molecule has 0 aliphatic heterocycles. The van der Waals surface area contributed by atoms with Gasteiger partial charge in [-0.2, -0.15) is 13.2 Å².